The highest BCUT2D eigenvalue weighted by Crippen LogP contribution is 2.39. The van der Waals surface area contributed by atoms with Gasteiger partial charge in [-0.05, 0) is 12.1 Å². The minimum atomic E-state index is 0.563. The molecule has 2 heterocycles. The predicted octanol–water partition coefficient (Wildman–Crippen LogP) is 1.56. The predicted molar refractivity (Wildman–Crippen MR) is 79.5 cm³/mol. The van der Waals surface area contributed by atoms with Gasteiger partial charge in [0.05, 0.1) is 18.0 Å². The zero-order chi connectivity index (χ0) is 13.2. The molecule has 1 aromatic carbocycles. The molecular formula is C15H23N3O. The lowest BCUT2D eigenvalue weighted by atomic mass is 10.2. The van der Waals surface area contributed by atoms with Crippen molar-refractivity contribution in [3.63, 3.8) is 0 Å². The Morgan fingerprint density at radius 2 is 1.95 bits per heavy atom. The van der Waals surface area contributed by atoms with E-state index in [0.29, 0.717) is 5.92 Å². The van der Waals surface area contributed by atoms with Gasteiger partial charge in [0.1, 0.15) is 0 Å². The van der Waals surface area contributed by atoms with E-state index in [2.05, 4.69) is 47.3 Å². The Kier molecular flexibility index (Phi) is 3.51. The molecule has 1 aromatic rings. The van der Waals surface area contributed by atoms with E-state index >= 15 is 0 Å². The first-order chi connectivity index (χ1) is 9.25. The number of para-hydroxylation sites is 1. The molecule has 0 spiro atoms. The van der Waals surface area contributed by atoms with Crippen LogP contribution in [0.3, 0.4) is 0 Å². The topological polar surface area (TPSA) is 27.7 Å². The molecule has 0 aromatic heterocycles. The van der Waals surface area contributed by atoms with Crippen LogP contribution in [-0.2, 0) is 0 Å². The standard InChI is InChI=1S/C15H23N3O/c1-12-10-17(2)13-4-3-5-14(15(13)19-11-12)18-8-6-16-7-9-18/h3-5,12,16H,6-11H2,1-2H3. The van der Waals surface area contributed by atoms with Crippen LogP contribution in [0.1, 0.15) is 6.92 Å². The number of rotatable bonds is 1. The quantitative estimate of drug-likeness (QED) is 0.830. The molecule has 104 valence electrons. The van der Waals surface area contributed by atoms with Crippen LogP contribution in [0.15, 0.2) is 18.2 Å². The van der Waals surface area contributed by atoms with E-state index in [0.717, 1.165) is 45.1 Å². The van der Waals surface area contributed by atoms with Crippen molar-refractivity contribution in [2.24, 2.45) is 5.92 Å². The van der Waals surface area contributed by atoms with Crippen LogP contribution in [0.25, 0.3) is 0 Å². The first kappa shape index (κ1) is 12.6. The average molecular weight is 261 g/mol. The van der Waals surface area contributed by atoms with E-state index in [1.54, 1.807) is 0 Å². The molecule has 4 heteroatoms. The summed E-state index contributed by atoms with van der Waals surface area (Å²) in [6, 6.07) is 6.50. The Labute approximate surface area is 115 Å². The Morgan fingerprint density at radius 1 is 1.21 bits per heavy atom. The summed E-state index contributed by atoms with van der Waals surface area (Å²) in [6.45, 7) is 8.31. The van der Waals surface area contributed by atoms with Gasteiger partial charge in [0.25, 0.3) is 0 Å². The van der Waals surface area contributed by atoms with Gasteiger partial charge in [-0.2, -0.15) is 0 Å². The minimum absolute atomic E-state index is 0.563. The van der Waals surface area contributed by atoms with Gasteiger partial charge in [0, 0.05) is 45.7 Å². The van der Waals surface area contributed by atoms with Crippen molar-refractivity contribution in [1.82, 2.24) is 5.32 Å². The third-order valence-electron chi connectivity index (χ3n) is 3.94. The molecule has 1 fully saturated rings. The lowest BCUT2D eigenvalue weighted by Gasteiger charge is -2.31. The first-order valence-electron chi connectivity index (χ1n) is 7.18. The van der Waals surface area contributed by atoms with Crippen molar-refractivity contribution in [2.75, 3.05) is 56.2 Å². The van der Waals surface area contributed by atoms with Crippen molar-refractivity contribution >= 4 is 11.4 Å². The minimum Gasteiger partial charge on any atom is -0.489 e. The molecule has 0 amide bonds. The molecule has 1 N–H and O–H groups in total. The van der Waals surface area contributed by atoms with Crippen LogP contribution in [0.4, 0.5) is 11.4 Å². The lowest BCUT2D eigenvalue weighted by Crippen LogP contribution is -2.43. The van der Waals surface area contributed by atoms with Crippen LogP contribution in [0, 0.1) is 5.92 Å². The van der Waals surface area contributed by atoms with Gasteiger partial charge in [-0.3, -0.25) is 0 Å². The van der Waals surface area contributed by atoms with Crippen molar-refractivity contribution in [1.29, 1.82) is 0 Å². The van der Waals surface area contributed by atoms with Gasteiger partial charge in [0.2, 0.25) is 0 Å². The maximum atomic E-state index is 6.11. The number of nitrogens with one attached hydrogen (secondary N) is 1. The van der Waals surface area contributed by atoms with Gasteiger partial charge in [-0.25, -0.2) is 0 Å². The SMILES string of the molecule is CC1COc2c(cccc2N2CCNCC2)N(C)C1. The Hall–Kier alpha value is -1.42. The second-order valence-electron chi connectivity index (χ2n) is 5.66. The highest BCUT2D eigenvalue weighted by atomic mass is 16.5. The Balaban J connectivity index is 1.95. The second kappa shape index (κ2) is 5.29. The summed E-state index contributed by atoms with van der Waals surface area (Å²) in [6.07, 6.45) is 0. The lowest BCUT2D eigenvalue weighted by molar-refractivity contribution is 0.274. The summed E-state index contributed by atoms with van der Waals surface area (Å²) < 4.78 is 6.11. The second-order valence-corrected chi connectivity index (χ2v) is 5.66. The summed E-state index contributed by atoms with van der Waals surface area (Å²) in [4.78, 5) is 4.75. The zero-order valence-corrected chi connectivity index (χ0v) is 11.9. The van der Waals surface area contributed by atoms with E-state index in [-0.39, 0.29) is 0 Å². The van der Waals surface area contributed by atoms with Gasteiger partial charge in [-0.1, -0.05) is 13.0 Å². The molecule has 19 heavy (non-hydrogen) atoms. The van der Waals surface area contributed by atoms with E-state index < -0.39 is 0 Å². The third-order valence-corrected chi connectivity index (χ3v) is 3.94. The fraction of sp³-hybridized carbons (Fsp3) is 0.600. The zero-order valence-electron chi connectivity index (χ0n) is 11.9. The van der Waals surface area contributed by atoms with E-state index in [4.69, 9.17) is 4.74 Å². The van der Waals surface area contributed by atoms with Crippen molar-refractivity contribution < 1.29 is 4.74 Å². The highest BCUT2D eigenvalue weighted by molar-refractivity contribution is 5.73. The van der Waals surface area contributed by atoms with Crippen molar-refractivity contribution in [3.8, 4) is 5.75 Å². The smallest absolute Gasteiger partial charge is 0.165 e. The van der Waals surface area contributed by atoms with Crippen LogP contribution in [0.2, 0.25) is 0 Å². The number of piperazine rings is 1. The van der Waals surface area contributed by atoms with E-state index in [1.807, 2.05) is 0 Å². The van der Waals surface area contributed by atoms with Crippen LogP contribution >= 0.6 is 0 Å². The molecule has 2 aliphatic heterocycles. The van der Waals surface area contributed by atoms with Crippen molar-refractivity contribution in [2.45, 2.75) is 6.92 Å². The first-order valence-corrected chi connectivity index (χ1v) is 7.18. The summed E-state index contributed by atoms with van der Waals surface area (Å²) >= 11 is 0. The summed E-state index contributed by atoms with van der Waals surface area (Å²) in [7, 11) is 2.16. The number of hydrogen-bond donors (Lipinski definition) is 1. The summed E-state index contributed by atoms with van der Waals surface area (Å²) in [5.41, 5.74) is 2.47. The Morgan fingerprint density at radius 3 is 2.74 bits per heavy atom. The normalized spacial score (nSPS) is 23.6. The Bertz CT molecular complexity index is 443. The molecule has 0 saturated carbocycles. The summed E-state index contributed by atoms with van der Waals surface area (Å²) in [5.74, 6) is 1.63. The number of nitrogens with zero attached hydrogens (tertiary/aromatic N) is 2. The summed E-state index contributed by atoms with van der Waals surface area (Å²) in [5, 5.41) is 3.40. The van der Waals surface area contributed by atoms with Gasteiger partial charge >= 0.3 is 0 Å². The fourth-order valence-electron chi connectivity index (χ4n) is 2.96. The maximum Gasteiger partial charge on any atom is 0.165 e. The molecule has 3 rings (SSSR count). The van der Waals surface area contributed by atoms with E-state index in [1.165, 1.54) is 11.4 Å². The molecule has 2 aliphatic rings. The molecule has 0 radical (unpaired) electrons. The monoisotopic (exact) mass is 261 g/mol. The number of hydrogen-bond acceptors (Lipinski definition) is 4. The molecule has 0 aliphatic carbocycles. The van der Waals surface area contributed by atoms with Crippen LogP contribution in [0.5, 0.6) is 5.75 Å². The highest BCUT2D eigenvalue weighted by Gasteiger charge is 2.23. The number of benzene rings is 1. The van der Waals surface area contributed by atoms with E-state index in [9.17, 15) is 0 Å². The molecule has 0 bridgehead atoms. The maximum absolute atomic E-state index is 6.11. The van der Waals surface area contributed by atoms with Gasteiger partial charge < -0.3 is 19.9 Å². The molecule has 1 atom stereocenters. The number of anilines is 2. The number of ether oxygens (including phenoxy) is 1. The van der Waals surface area contributed by atoms with Gasteiger partial charge in [0.15, 0.2) is 5.75 Å². The third kappa shape index (κ3) is 2.50. The molecule has 4 nitrogen and oxygen atoms in total. The molecule has 1 saturated heterocycles. The average Bonchev–Trinajstić information content (AvgIpc) is 2.59. The molecular weight excluding hydrogens is 238 g/mol. The van der Waals surface area contributed by atoms with Crippen molar-refractivity contribution in [3.05, 3.63) is 18.2 Å². The number of fused-ring (bicyclic) bond motifs is 1. The largest absolute Gasteiger partial charge is 0.489 e. The van der Waals surface area contributed by atoms with Crippen LogP contribution < -0.4 is 19.9 Å². The fourth-order valence-corrected chi connectivity index (χ4v) is 2.96. The van der Waals surface area contributed by atoms with Crippen LogP contribution in [-0.4, -0.2) is 46.4 Å². The van der Waals surface area contributed by atoms with Gasteiger partial charge in [-0.15, -0.1) is 0 Å². The molecule has 1 unspecified atom stereocenters.